The third-order valence-electron chi connectivity index (χ3n) is 1.59. The Morgan fingerprint density at radius 1 is 1.20 bits per heavy atom. The van der Waals surface area contributed by atoms with Gasteiger partial charge in [-0.05, 0) is 0 Å². The van der Waals surface area contributed by atoms with Gasteiger partial charge in [0.15, 0.2) is 0 Å². The smallest absolute Gasteiger partial charge is 1.00 e. The van der Waals surface area contributed by atoms with Crippen molar-refractivity contribution in [2.45, 2.75) is 19.0 Å². The van der Waals surface area contributed by atoms with Crippen molar-refractivity contribution in [3.63, 3.8) is 0 Å². The first-order chi connectivity index (χ1) is 6.61. The van der Waals surface area contributed by atoms with Crippen LogP contribution in [-0.4, -0.2) is 6.18 Å². The third-order valence-corrected chi connectivity index (χ3v) is 1.59. The minimum Gasteiger partial charge on any atom is -1.00 e. The largest absolute Gasteiger partial charge is 4.00 e. The Morgan fingerprint density at radius 3 is 2.13 bits per heavy atom. The van der Waals surface area contributed by atoms with E-state index in [1.807, 2.05) is 12.2 Å². The molecule has 0 aromatic heterocycles. The standard InChI is InChI=1S/C6H4F3.C5H5.Zr.2H/c7-6(8,9)5-3-1-2-4-5;1-2-4-5-3-1;;;/h1,3H,2H2;1-3H,4H2;;;/q2*-1;+4;2*-1. The molecule has 0 fully saturated rings. The van der Waals surface area contributed by atoms with E-state index in [0.717, 1.165) is 12.5 Å². The second kappa shape index (κ2) is 7.00. The average Bonchev–Trinajstić information content (AvgIpc) is 2.80. The van der Waals surface area contributed by atoms with E-state index in [2.05, 4.69) is 18.2 Å². The van der Waals surface area contributed by atoms with Gasteiger partial charge >= 0.3 is 32.4 Å². The molecule has 0 nitrogen and oxygen atoms in total. The molecular weight excluding hydrogens is 280 g/mol. The topological polar surface area (TPSA) is 0 Å². The normalized spacial score (nSPS) is 16.9. The molecule has 2 aliphatic carbocycles. The fourth-order valence-electron chi connectivity index (χ4n) is 0.940. The predicted octanol–water partition coefficient (Wildman–Crippen LogP) is 3.77. The van der Waals surface area contributed by atoms with Gasteiger partial charge in [0.1, 0.15) is 0 Å². The molecule has 15 heavy (non-hydrogen) atoms. The molecule has 0 radical (unpaired) electrons. The van der Waals surface area contributed by atoms with Gasteiger partial charge in [0.2, 0.25) is 0 Å². The summed E-state index contributed by atoms with van der Waals surface area (Å²) >= 11 is 0. The molecule has 0 spiro atoms. The first-order valence-electron chi connectivity index (χ1n) is 4.17. The van der Waals surface area contributed by atoms with E-state index >= 15 is 0 Å². The first kappa shape index (κ1) is 14.6. The maximum atomic E-state index is 11.6. The summed E-state index contributed by atoms with van der Waals surface area (Å²) in [4.78, 5) is 0. The predicted molar refractivity (Wildman–Crippen MR) is 50.4 cm³/mol. The molecule has 2 rings (SSSR count). The van der Waals surface area contributed by atoms with Crippen molar-refractivity contribution in [2.24, 2.45) is 0 Å². The zero-order chi connectivity index (χ0) is 10.4. The zero-order valence-corrected chi connectivity index (χ0v) is 10.4. The molecule has 0 N–H and O–H groups in total. The number of rotatable bonds is 0. The van der Waals surface area contributed by atoms with Crippen LogP contribution in [0, 0.1) is 12.2 Å². The summed E-state index contributed by atoms with van der Waals surface area (Å²) < 4.78 is 34.8. The summed E-state index contributed by atoms with van der Waals surface area (Å²) in [5, 5.41) is 0. The molecule has 0 aromatic rings. The monoisotopic (exact) mass is 290 g/mol. The number of halogens is 3. The molecule has 0 aromatic carbocycles. The van der Waals surface area contributed by atoms with Gasteiger partial charge in [-0.15, -0.1) is 18.4 Å². The summed E-state index contributed by atoms with van der Waals surface area (Å²) in [5.41, 5.74) is -0.650. The van der Waals surface area contributed by atoms with Gasteiger partial charge in [-0.1, -0.05) is 0 Å². The third kappa shape index (κ3) is 5.93. The molecule has 0 bridgehead atoms. The van der Waals surface area contributed by atoms with Gasteiger partial charge in [-0.25, -0.2) is 18.2 Å². The molecule has 0 heterocycles. The molecule has 80 valence electrons. The SMILES string of the molecule is FC(F)(F)C1=[C-]CC=C1.[C-]1=CC=CC1.[H-].[H-].[Zr+4]. The number of hydrogen-bond acceptors (Lipinski definition) is 0. The molecule has 4 heteroatoms. The summed E-state index contributed by atoms with van der Waals surface area (Å²) in [6, 6.07) is 0. The Kier molecular flexibility index (Phi) is 6.83. The average molecular weight is 291 g/mol. The van der Waals surface area contributed by atoms with Gasteiger partial charge in [0.05, 0.1) is 0 Å². The Labute approximate surface area is 109 Å². The van der Waals surface area contributed by atoms with Crippen LogP contribution < -0.4 is 0 Å². The van der Waals surface area contributed by atoms with E-state index in [9.17, 15) is 13.2 Å². The Bertz CT molecular complexity index is 294. The van der Waals surface area contributed by atoms with Crippen molar-refractivity contribution in [3.8, 4) is 0 Å². The van der Waals surface area contributed by atoms with Gasteiger partial charge < -0.3 is 2.85 Å². The van der Waals surface area contributed by atoms with Crippen molar-refractivity contribution >= 4 is 0 Å². The van der Waals surface area contributed by atoms with Gasteiger partial charge in [0.25, 0.3) is 0 Å². The van der Waals surface area contributed by atoms with Gasteiger partial charge in [-0.3, -0.25) is 12.2 Å². The van der Waals surface area contributed by atoms with Crippen LogP contribution in [0.3, 0.4) is 0 Å². The van der Waals surface area contributed by atoms with Crippen molar-refractivity contribution in [3.05, 3.63) is 48.1 Å². The second-order valence-electron chi connectivity index (χ2n) is 2.70. The molecule has 0 atom stereocenters. The van der Waals surface area contributed by atoms with Crippen LogP contribution in [0.25, 0.3) is 0 Å². The Balaban J connectivity index is -0.000000216. The molecule has 2 aliphatic rings. The Hall–Kier alpha value is -0.367. The first-order valence-corrected chi connectivity index (χ1v) is 4.17. The zero-order valence-electron chi connectivity index (χ0n) is 9.93. The quantitative estimate of drug-likeness (QED) is 0.596. The summed E-state index contributed by atoms with van der Waals surface area (Å²) in [6.07, 6.45) is 10.7. The minimum atomic E-state index is -4.20. The fraction of sp³-hybridized carbons (Fsp3) is 0.273. The van der Waals surface area contributed by atoms with E-state index in [-0.39, 0.29) is 35.5 Å². The summed E-state index contributed by atoms with van der Waals surface area (Å²) in [7, 11) is 0. The van der Waals surface area contributed by atoms with Crippen LogP contribution in [0.5, 0.6) is 0 Å². The fourth-order valence-corrected chi connectivity index (χ4v) is 0.940. The second-order valence-corrected chi connectivity index (χ2v) is 2.70. The van der Waals surface area contributed by atoms with Crippen molar-refractivity contribution < 1.29 is 42.2 Å². The molecule has 0 unspecified atom stereocenters. The number of alkyl halides is 3. The van der Waals surface area contributed by atoms with E-state index in [1.54, 1.807) is 0 Å². The molecular formula is C11H11F3Zr. The molecule has 0 saturated carbocycles. The maximum Gasteiger partial charge on any atom is 4.00 e. The van der Waals surface area contributed by atoms with E-state index in [4.69, 9.17) is 0 Å². The Morgan fingerprint density at radius 2 is 1.93 bits per heavy atom. The minimum absolute atomic E-state index is 0. The van der Waals surface area contributed by atoms with Crippen LogP contribution >= 0.6 is 0 Å². The molecule has 0 saturated heterocycles. The molecule has 0 amide bonds. The summed E-state index contributed by atoms with van der Waals surface area (Å²) in [5.74, 6) is 0. The van der Waals surface area contributed by atoms with Crippen LogP contribution in [0.4, 0.5) is 13.2 Å². The maximum absolute atomic E-state index is 11.6. The van der Waals surface area contributed by atoms with Gasteiger partial charge in [-0.2, -0.15) is 25.3 Å². The summed E-state index contributed by atoms with van der Waals surface area (Å²) in [6.45, 7) is 0. The van der Waals surface area contributed by atoms with Gasteiger partial charge in [0, 0.05) is 0 Å². The molecule has 0 aliphatic heterocycles. The van der Waals surface area contributed by atoms with Crippen LogP contribution in [0.1, 0.15) is 15.7 Å². The number of hydrogen-bond donors (Lipinski definition) is 0. The van der Waals surface area contributed by atoms with Crippen molar-refractivity contribution in [1.82, 2.24) is 0 Å². The van der Waals surface area contributed by atoms with E-state index < -0.39 is 11.7 Å². The van der Waals surface area contributed by atoms with Crippen LogP contribution in [0.15, 0.2) is 36.0 Å². The van der Waals surface area contributed by atoms with Crippen LogP contribution in [0.2, 0.25) is 0 Å². The van der Waals surface area contributed by atoms with Crippen LogP contribution in [-0.2, 0) is 26.2 Å². The van der Waals surface area contributed by atoms with Crippen molar-refractivity contribution in [2.75, 3.05) is 0 Å². The van der Waals surface area contributed by atoms with E-state index in [0.29, 0.717) is 0 Å². The van der Waals surface area contributed by atoms with Crippen molar-refractivity contribution in [1.29, 1.82) is 0 Å². The number of allylic oxidation sites excluding steroid dienone is 8. The van der Waals surface area contributed by atoms with E-state index in [1.165, 1.54) is 6.08 Å².